The first kappa shape index (κ1) is 14.8. The molecule has 116 valence electrons. The van der Waals surface area contributed by atoms with Crippen molar-refractivity contribution in [3.05, 3.63) is 59.5 Å². The lowest BCUT2D eigenvalue weighted by Crippen LogP contribution is -2.51. The molecule has 5 nitrogen and oxygen atoms in total. The number of rotatable bonds is 4. The molecule has 1 aliphatic rings. The second-order valence-electron chi connectivity index (χ2n) is 6.09. The van der Waals surface area contributed by atoms with Gasteiger partial charge in [-0.05, 0) is 30.2 Å². The van der Waals surface area contributed by atoms with Crippen LogP contribution in [-0.4, -0.2) is 28.3 Å². The van der Waals surface area contributed by atoms with Crippen LogP contribution in [0.15, 0.2) is 47.1 Å². The van der Waals surface area contributed by atoms with Gasteiger partial charge in [0.05, 0.1) is 12.8 Å². The van der Waals surface area contributed by atoms with Gasteiger partial charge in [0.1, 0.15) is 11.4 Å². The van der Waals surface area contributed by atoms with Crippen molar-refractivity contribution < 1.29 is 19.4 Å². The van der Waals surface area contributed by atoms with Crippen molar-refractivity contribution in [2.75, 3.05) is 6.54 Å². The fraction of sp³-hybridized carbons (Fsp3) is 0.353. The maximum absolute atomic E-state index is 12.3. The molecule has 1 atom stereocenters. The van der Waals surface area contributed by atoms with Crippen molar-refractivity contribution >= 4 is 5.91 Å². The van der Waals surface area contributed by atoms with E-state index in [9.17, 15) is 15.0 Å². The Morgan fingerprint density at radius 2 is 1.91 bits per heavy atom. The highest BCUT2D eigenvalue weighted by Gasteiger charge is 2.42. The molecule has 1 heterocycles. The molecule has 0 unspecified atom stereocenters. The van der Waals surface area contributed by atoms with Crippen molar-refractivity contribution in [2.45, 2.75) is 31.0 Å². The van der Waals surface area contributed by atoms with E-state index in [0.717, 1.165) is 11.1 Å². The van der Waals surface area contributed by atoms with Gasteiger partial charge in [0, 0.05) is 12.8 Å². The summed E-state index contributed by atoms with van der Waals surface area (Å²) in [6.45, 7) is 1.53. The van der Waals surface area contributed by atoms with E-state index in [0.29, 0.717) is 5.76 Å². The van der Waals surface area contributed by atoms with Gasteiger partial charge in [-0.3, -0.25) is 4.79 Å². The molecular weight excluding hydrogens is 282 g/mol. The van der Waals surface area contributed by atoms with E-state index >= 15 is 0 Å². The van der Waals surface area contributed by atoms with E-state index in [1.165, 1.54) is 6.26 Å². The van der Waals surface area contributed by atoms with Crippen LogP contribution in [0.1, 0.15) is 23.8 Å². The minimum Gasteiger partial charge on any atom is -0.466 e. The van der Waals surface area contributed by atoms with Crippen molar-refractivity contribution in [2.24, 2.45) is 0 Å². The quantitative estimate of drug-likeness (QED) is 0.790. The number of furan rings is 1. The topological polar surface area (TPSA) is 82.7 Å². The summed E-state index contributed by atoms with van der Waals surface area (Å²) in [4.78, 5) is 12.3. The summed E-state index contributed by atoms with van der Waals surface area (Å²) in [6.07, 6.45) is 2.04. The molecule has 0 fully saturated rings. The number of carbonyl (C=O) groups excluding carboxylic acids is 1. The Hall–Kier alpha value is -2.11. The smallest absolute Gasteiger partial charge is 0.252 e. The van der Waals surface area contributed by atoms with E-state index in [2.05, 4.69) is 5.32 Å². The number of hydrogen-bond donors (Lipinski definition) is 3. The molecular formula is C17H19NO4. The molecule has 1 aliphatic carbocycles. The molecule has 0 radical (unpaired) electrons. The lowest BCUT2D eigenvalue weighted by atomic mass is 9.98. The highest BCUT2D eigenvalue weighted by atomic mass is 16.4. The molecule has 2 aromatic rings. The van der Waals surface area contributed by atoms with Gasteiger partial charge in [-0.1, -0.05) is 24.3 Å². The van der Waals surface area contributed by atoms with Gasteiger partial charge in [0.25, 0.3) is 5.91 Å². The molecule has 0 bridgehead atoms. The first-order valence-corrected chi connectivity index (χ1v) is 7.25. The number of benzene rings is 1. The van der Waals surface area contributed by atoms with E-state index in [4.69, 9.17) is 4.42 Å². The van der Waals surface area contributed by atoms with Crippen molar-refractivity contribution in [1.82, 2.24) is 5.32 Å². The molecule has 1 aromatic carbocycles. The Labute approximate surface area is 128 Å². The van der Waals surface area contributed by atoms with Crippen LogP contribution in [0.5, 0.6) is 0 Å². The number of amides is 1. The van der Waals surface area contributed by atoms with Gasteiger partial charge in [0.15, 0.2) is 5.60 Å². The number of fused-ring (bicyclic) bond motifs is 1. The van der Waals surface area contributed by atoms with E-state index < -0.39 is 17.1 Å². The van der Waals surface area contributed by atoms with E-state index in [1.807, 2.05) is 24.3 Å². The van der Waals surface area contributed by atoms with E-state index in [1.54, 1.807) is 19.1 Å². The zero-order valence-electron chi connectivity index (χ0n) is 12.4. The van der Waals surface area contributed by atoms with Gasteiger partial charge in [-0.25, -0.2) is 0 Å². The van der Waals surface area contributed by atoms with Gasteiger partial charge < -0.3 is 19.9 Å². The normalized spacial score (nSPS) is 18.5. The summed E-state index contributed by atoms with van der Waals surface area (Å²) in [5.41, 5.74) is -0.805. The summed E-state index contributed by atoms with van der Waals surface area (Å²) < 4.78 is 5.17. The summed E-state index contributed by atoms with van der Waals surface area (Å²) in [7, 11) is 0. The second-order valence-corrected chi connectivity index (χ2v) is 6.09. The van der Waals surface area contributed by atoms with Gasteiger partial charge in [-0.2, -0.15) is 0 Å². The van der Waals surface area contributed by atoms with Crippen LogP contribution in [0.25, 0.3) is 0 Å². The summed E-state index contributed by atoms with van der Waals surface area (Å²) in [6, 6.07) is 10.9. The molecule has 1 amide bonds. The Bertz CT molecular complexity index is 651. The van der Waals surface area contributed by atoms with Crippen LogP contribution in [0.2, 0.25) is 0 Å². The zero-order valence-corrected chi connectivity index (χ0v) is 12.4. The van der Waals surface area contributed by atoms with E-state index in [-0.39, 0.29) is 19.4 Å². The third-order valence-corrected chi connectivity index (χ3v) is 4.15. The first-order chi connectivity index (χ1) is 10.4. The predicted octanol–water partition coefficient (Wildman–Crippen LogP) is 1.13. The van der Waals surface area contributed by atoms with Crippen LogP contribution >= 0.6 is 0 Å². The lowest BCUT2D eigenvalue weighted by molar-refractivity contribution is -0.140. The van der Waals surface area contributed by atoms with Gasteiger partial charge in [-0.15, -0.1) is 0 Å². The third-order valence-electron chi connectivity index (χ3n) is 4.15. The predicted molar refractivity (Wildman–Crippen MR) is 80.1 cm³/mol. The average molecular weight is 301 g/mol. The molecule has 3 N–H and O–H groups in total. The Kier molecular flexibility index (Phi) is 3.54. The summed E-state index contributed by atoms with van der Waals surface area (Å²) >= 11 is 0. The maximum Gasteiger partial charge on any atom is 0.252 e. The summed E-state index contributed by atoms with van der Waals surface area (Å²) in [5, 5.41) is 23.6. The Morgan fingerprint density at radius 1 is 1.27 bits per heavy atom. The van der Waals surface area contributed by atoms with Crippen LogP contribution in [0.3, 0.4) is 0 Å². The maximum atomic E-state index is 12.3. The molecule has 1 aromatic heterocycles. The largest absolute Gasteiger partial charge is 0.466 e. The standard InChI is InChI=1S/C17H19NO4/c1-16(20,14-7-4-8-22-14)11-18-15(19)17(21)9-12-5-2-3-6-13(12)10-17/h2-8,20-21H,9-11H2,1H3,(H,18,19)/t16-/m0/s1. The monoisotopic (exact) mass is 301 g/mol. The first-order valence-electron chi connectivity index (χ1n) is 7.25. The van der Waals surface area contributed by atoms with Crippen LogP contribution in [0.4, 0.5) is 0 Å². The minimum atomic E-state index is -1.46. The number of carbonyl (C=O) groups is 1. The number of hydrogen-bond acceptors (Lipinski definition) is 4. The number of aliphatic hydroxyl groups is 2. The van der Waals surface area contributed by atoms with Crippen LogP contribution < -0.4 is 5.32 Å². The second kappa shape index (κ2) is 5.26. The fourth-order valence-electron chi connectivity index (χ4n) is 2.84. The molecule has 3 rings (SSSR count). The minimum absolute atomic E-state index is 0.0298. The Balaban J connectivity index is 1.66. The zero-order chi connectivity index (χ0) is 15.8. The number of nitrogens with one attached hydrogen (secondary N) is 1. The highest BCUT2D eigenvalue weighted by Crippen LogP contribution is 2.30. The van der Waals surface area contributed by atoms with Crippen LogP contribution in [0, 0.1) is 0 Å². The Morgan fingerprint density at radius 3 is 2.45 bits per heavy atom. The molecule has 0 aliphatic heterocycles. The lowest BCUT2D eigenvalue weighted by Gasteiger charge is -2.25. The molecule has 22 heavy (non-hydrogen) atoms. The van der Waals surface area contributed by atoms with Gasteiger partial charge in [0.2, 0.25) is 0 Å². The SMILES string of the molecule is C[C@](O)(CNC(=O)C1(O)Cc2ccccc2C1)c1ccco1. The molecule has 0 saturated carbocycles. The van der Waals surface area contributed by atoms with Crippen LogP contribution in [-0.2, 0) is 23.2 Å². The van der Waals surface area contributed by atoms with Gasteiger partial charge >= 0.3 is 0 Å². The highest BCUT2D eigenvalue weighted by molar-refractivity contribution is 5.86. The molecule has 5 heteroatoms. The molecule has 0 spiro atoms. The third kappa shape index (κ3) is 2.65. The molecule has 0 saturated heterocycles. The van der Waals surface area contributed by atoms with Crippen molar-refractivity contribution in [3.63, 3.8) is 0 Å². The van der Waals surface area contributed by atoms with Crippen molar-refractivity contribution in [1.29, 1.82) is 0 Å². The van der Waals surface area contributed by atoms with Crippen molar-refractivity contribution in [3.8, 4) is 0 Å². The fourth-order valence-corrected chi connectivity index (χ4v) is 2.84. The average Bonchev–Trinajstić information content (AvgIpc) is 3.12. The summed E-state index contributed by atoms with van der Waals surface area (Å²) in [5.74, 6) is -0.106.